The first-order valence-corrected chi connectivity index (χ1v) is 3.95. The second-order valence-electron chi connectivity index (χ2n) is 2.74. The highest BCUT2D eigenvalue weighted by Crippen LogP contribution is 2.12. The molecule has 1 rings (SSSR count). The maximum atomic E-state index is 5.07. The SMILES string of the molecule is NOC1/C=C\CCCCC1. The van der Waals surface area contributed by atoms with E-state index in [1.54, 1.807) is 0 Å². The van der Waals surface area contributed by atoms with E-state index in [4.69, 9.17) is 10.7 Å². The van der Waals surface area contributed by atoms with Crippen LogP contribution in [0, 0.1) is 0 Å². The third kappa shape index (κ3) is 2.50. The average Bonchev–Trinajstić information content (AvgIpc) is 1.87. The minimum absolute atomic E-state index is 0.167. The fourth-order valence-electron chi connectivity index (χ4n) is 1.24. The van der Waals surface area contributed by atoms with Crippen molar-refractivity contribution in [2.24, 2.45) is 5.90 Å². The lowest BCUT2D eigenvalue weighted by atomic mass is 10.0. The summed E-state index contributed by atoms with van der Waals surface area (Å²) in [5.74, 6) is 5.07. The van der Waals surface area contributed by atoms with Crippen LogP contribution in [0.15, 0.2) is 12.2 Å². The lowest BCUT2D eigenvalue weighted by Crippen LogP contribution is -2.15. The van der Waals surface area contributed by atoms with Crippen molar-refractivity contribution in [1.29, 1.82) is 0 Å². The molecule has 0 aromatic rings. The summed E-state index contributed by atoms with van der Waals surface area (Å²) in [4.78, 5) is 4.74. The van der Waals surface area contributed by atoms with Crippen molar-refractivity contribution in [1.82, 2.24) is 0 Å². The van der Waals surface area contributed by atoms with Gasteiger partial charge in [-0.25, -0.2) is 5.90 Å². The van der Waals surface area contributed by atoms with E-state index in [1.165, 1.54) is 25.7 Å². The summed E-state index contributed by atoms with van der Waals surface area (Å²) in [6.45, 7) is 0. The summed E-state index contributed by atoms with van der Waals surface area (Å²) >= 11 is 0. The van der Waals surface area contributed by atoms with Crippen LogP contribution in [-0.4, -0.2) is 6.10 Å². The standard InChI is InChI=1S/C8H15NO/c9-10-8-6-4-2-1-3-5-7-8/h4,6,8H,1-3,5,7,9H2/b6-4-. The molecule has 0 heterocycles. The first-order chi connectivity index (χ1) is 4.93. The van der Waals surface area contributed by atoms with Gasteiger partial charge in [0.25, 0.3) is 0 Å². The van der Waals surface area contributed by atoms with Crippen LogP contribution in [0.2, 0.25) is 0 Å². The highest BCUT2D eigenvalue weighted by atomic mass is 16.6. The van der Waals surface area contributed by atoms with Gasteiger partial charge in [0.1, 0.15) is 0 Å². The normalized spacial score (nSPS) is 30.7. The zero-order valence-corrected chi connectivity index (χ0v) is 6.25. The van der Waals surface area contributed by atoms with Crippen LogP contribution in [-0.2, 0) is 4.84 Å². The second kappa shape index (κ2) is 4.47. The van der Waals surface area contributed by atoms with E-state index in [1.807, 2.05) is 0 Å². The van der Waals surface area contributed by atoms with Crippen LogP contribution in [0.5, 0.6) is 0 Å². The van der Waals surface area contributed by atoms with Gasteiger partial charge in [-0.05, 0) is 19.3 Å². The van der Waals surface area contributed by atoms with Gasteiger partial charge in [-0.15, -0.1) is 0 Å². The Morgan fingerprint density at radius 3 is 3.00 bits per heavy atom. The zero-order chi connectivity index (χ0) is 7.23. The van der Waals surface area contributed by atoms with Crippen molar-refractivity contribution in [2.75, 3.05) is 0 Å². The van der Waals surface area contributed by atoms with E-state index in [0.29, 0.717) is 0 Å². The van der Waals surface area contributed by atoms with Gasteiger partial charge in [0, 0.05) is 0 Å². The van der Waals surface area contributed by atoms with Gasteiger partial charge >= 0.3 is 0 Å². The van der Waals surface area contributed by atoms with Gasteiger partial charge < -0.3 is 0 Å². The Labute approximate surface area is 62.0 Å². The second-order valence-corrected chi connectivity index (χ2v) is 2.74. The van der Waals surface area contributed by atoms with Gasteiger partial charge in [-0.2, -0.15) is 0 Å². The summed E-state index contributed by atoms with van der Waals surface area (Å²) in [5.41, 5.74) is 0. The van der Waals surface area contributed by atoms with Gasteiger partial charge in [0.2, 0.25) is 0 Å². The molecule has 0 radical (unpaired) electrons. The van der Waals surface area contributed by atoms with Crippen molar-refractivity contribution < 1.29 is 4.84 Å². The van der Waals surface area contributed by atoms with E-state index in [0.717, 1.165) is 6.42 Å². The van der Waals surface area contributed by atoms with E-state index >= 15 is 0 Å². The van der Waals surface area contributed by atoms with Crippen molar-refractivity contribution in [3.05, 3.63) is 12.2 Å². The quantitative estimate of drug-likeness (QED) is 0.446. The molecule has 0 spiro atoms. The van der Waals surface area contributed by atoms with E-state index < -0.39 is 0 Å². The summed E-state index contributed by atoms with van der Waals surface area (Å²) in [5, 5.41) is 0. The van der Waals surface area contributed by atoms with Crippen molar-refractivity contribution in [3.63, 3.8) is 0 Å². The Kier molecular flexibility index (Phi) is 3.47. The molecule has 0 saturated heterocycles. The minimum Gasteiger partial charge on any atom is -0.297 e. The van der Waals surface area contributed by atoms with E-state index in [9.17, 15) is 0 Å². The Hall–Kier alpha value is -0.340. The van der Waals surface area contributed by atoms with Crippen molar-refractivity contribution >= 4 is 0 Å². The van der Waals surface area contributed by atoms with Gasteiger partial charge in [-0.1, -0.05) is 25.0 Å². The number of allylic oxidation sites excluding steroid dienone is 1. The monoisotopic (exact) mass is 141 g/mol. The fraction of sp³-hybridized carbons (Fsp3) is 0.750. The molecule has 1 atom stereocenters. The minimum atomic E-state index is 0.167. The summed E-state index contributed by atoms with van der Waals surface area (Å²) in [6.07, 6.45) is 10.5. The van der Waals surface area contributed by atoms with Gasteiger partial charge in [0.05, 0.1) is 6.10 Å². The number of hydrogen-bond acceptors (Lipinski definition) is 2. The molecule has 2 heteroatoms. The lowest BCUT2D eigenvalue weighted by molar-refractivity contribution is 0.0777. The summed E-state index contributed by atoms with van der Waals surface area (Å²) < 4.78 is 0. The zero-order valence-electron chi connectivity index (χ0n) is 6.25. The molecule has 0 aliphatic heterocycles. The van der Waals surface area contributed by atoms with Crippen LogP contribution in [0.3, 0.4) is 0 Å². The molecule has 1 aliphatic rings. The molecular weight excluding hydrogens is 126 g/mol. The van der Waals surface area contributed by atoms with E-state index in [2.05, 4.69) is 12.2 Å². The maximum Gasteiger partial charge on any atom is 0.0968 e. The third-order valence-corrected chi connectivity index (χ3v) is 1.88. The molecule has 0 bridgehead atoms. The molecule has 2 nitrogen and oxygen atoms in total. The molecule has 58 valence electrons. The molecule has 10 heavy (non-hydrogen) atoms. The van der Waals surface area contributed by atoms with Crippen LogP contribution in [0.4, 0.5) is 0 Å². The number of nitrogens with two attached hydrogens (primary N) is 1. The van der Waals surface area contributed by atoms with Crippen LogP contribution >= 0.6 is 0 Å². The molecule has 2 N–H and O–H groups in total. The largest absolute Gasteiger partial charge is 0.297 e. The summed E-state index contributed by atoms with van der Waals surface area (Å²) in [6, 6.07) is 0. The number of rotatable bonds is 1. The van der Waals surface area contributed by atoms with Crippen molar-refractivity contribution in [2.45, 2.75) is 38.2 Å². The Morgan fingerprint density at radius 1 is 1.30 bits per heavy atom. The molecule has 0 aromatic heterocycles. The first-order valence-electron chi connectivity index (χ1n) is 3.95. The van der Waals surface area contributed by atoms with Crippen LogP contribution in [0.1, 0.15) is 32.1 Å². The first kappa shape index (κ1) is 7.76. The molecule has 1 unspecified atom stereocenters. The molecule has 0 aromatic carbocycles. The highest BCUT2D eigenvalue weighted by Gasteiger charge is 2.04. The third-order valence-electron chi connectivity index (χ3n) is 1.88. The number of hydrogen-bond donors (Lipinski definition) is 1. The predicted octanol–water partition coefficient (Wildman–Crippen LogP) is 1.77. The lowest BCUT2D eigenvalue weighted by Gasteiger charge is -2.11. The molecule has 0 fully saturated rings. The molecular formula is C8H15NO. The van der Waals surface area contributed by atoms with Gasteiger partial charge in [-0.3, -0.25) is 4.84 Å². The Bertz CT molecular complexity index is 112. The van der Waals surface area contributed by atoms with Gasteiger partial charge in [0.15, 0.2) is 0 Å². The molecule has 0 amide bonds. The summed E-state index contributed by atoms with van der Waals surface area (Å²) in [7, 11) is 0. The van der Waals surface area contributed by atoms with Crippen LogP contribution < -0.4 is 5.90 Å². The Balaban J connectivity index is 2.33. The topological polar surface area (TPSA) is 35.2 Å². The smallest absolute Gasteiger partial charge is 0.0968 e. The van der Waals surface area contributed by atoms with Crippen LogP contribution in [0.25, 0.3) is 0 Å². The Morgan fingerprint density at radius 2 is 2.20 bits per heavy atom. The molecule has 0 saturated carbocycles. The highest BCUT2D eigenvalue weighted by molar-refractivity contribution is 4.90. The van der Waals surface area contributed by atoms with Crippen molar-refractivity contribution in [3.8, 4) is 0 Å². The maximum absolute atomic E-state index is 5.07. The molecule has 1 aliphatic carbocycles. The van der Waals surface area contributed by atoms with E-state index in [-0.39, 0.29) is 6.10 Å². The fourth-order valence-corrected chi connectivity index (χ4v) is 1.24. The average molecular weight is 141 g/mol. The predicted molar refractivity (Wildman–Crippen MR) is 41.3 cm³/mol.